The Balaban J connectivity index is 2.14. The molecule has 1 aliphatic carbocycles. The summed E-state index contributed by atoms with van der Waals surface area (Å²) in [6, 6.07) is 0. The molecule has 1 fully saturated rings. The van der Waals surface area contributed by atoms with E-state index >= 15 is 0 Å². The Morgan fingerprint density at radius 1 is 1.26 bits per heavy atom. The van der Waals surface area contributed by atoms with E-state index in [0.29, 0.717) is 5.41 Å². The molecule has 0 bridgehead atoms. The molecule has 0 unspecified atom stereocenters. The first-order valence-corrected chi connectivity index (χ1v) is 7.16. The minimum Gasteiger partial charge on any atom is -0.369 e. The van der Waals surface area contributed by atoms with Crippen molar-refractivity contribution in [3.8, 4) is 0 Å². The van der Waals surface area contributed by atoms with Crippen LogP contribution in [0.1, 0.15) is 50.9 Å². The summed E-state index contributed by atoms with van der Waals surface area (Å²) in [7, 11) is 0. The standard InChI is InChI=1S/C14H25N5/c1-4-6-11-17-12(10(2)13(18-11)19-15)16-9-14(3)7-5-8-14/h4-9,15H2,1-3H3,(H2,16,17,18,19). The molecule has 0 saturated heterocycles. The van der Waals surface area contributed by atoms with Gasteiger partial charge in [-0.15, -0.1) is 0 Å². The second-order valence-electron chi connectivity index (χ2n) is 5.87. The van der Waals surface area contributed by atoms with Gasteiger partial charge in [0, 0.05) is 18.5 Å². The lowest BCUT2D eigenvalue weighted by Crippen LogP contribution is -2.33. The van der Waals surface area contributed by atoms with Crippen molar-refractivity contribution >= 4 is 11.6 Å². The molecule has 1 aliphatic rings. The summed E-state index contributed by atoms with van der Waals surface area (Å²) in [5.74, 6) is 8.02. The average molecular weight is 263 g/mol. The first-order valence-electron chi connectivity index (χ1n) is 7.16. The summed E-state index contributed by atoms with van der Waals surface area (Å²) >= 11 is 0. The highest BCUT2D eigenvalue weighted by molar-refractivity contribution is 5.56. The topological polar surface area (TPSA) is 75.9 Å². The van der Waals surface area contributed by atoms with Crippen molar-refractivity contribution < 1.29 is 0 Å². The third kappa shape index (κ3) is 3.15. The average Bonchev–Trinajstić information content (AvgIpc) is 2.37. The molecule has 4 N–H and O–H groups in total. The molecular weight excluding hydrogens is 238 g/mol. The maximum Gasteiger partial charge on any atom is 0.148 e. The Morgan fingerprint density at radius 3 is 2.47 bits per heavy atom. The number of aromatic nitrogens is 2. The number of hydrazine groups is 1. The van der Waals surface area contributed by atoms with Crippen LogP contribution in [0.4, 0.5) is 11.6 Å². The predicted molar refractivity (Wildman–Crippen MR) is 79.0 cm³/mol. The Labute approximate surface area is 115 Å². The fraction of sp³-hybridized carbons (Fsp3) is 0.714. The number of anilines is 2. The van der Waals surface area contributed by atoms with E-state index in [1.54, 1.807) is 0 Å². The van der Waals surface area contributed by atoms with Gasteiger partial charge in [0.25, 0.3) is 0 Å². The number of hydrogen-bond donors (Lipinski definition) is 3. The Bertz CT molecular complexity index is 440. The third-order valence-electron chi connectivity index (χ3n) is 4.05. The van der Waals surface area contributed by atoms with Crippen molar-refractivity contribution in [2.24, 2.45) is 11.3 Å². The van der Waals surface area contributed by atoms with Crippen LogP contribution >= 0.6 is 0 Å². The number of nitrogens with one attached hydrogen (secondary N) is 2. The van der Waals surface area contributed by atoms with Crippen LogP contribution < -0.4 is 16.6 Å². The van der Waals surface area contributed by atoms with E-state index in [2.05, 4.69) is 34.6 Å². The summed E-state index contributed by atoms with van der Waals surface area (Å²) in [5, 5.41) is 3.48. The van der Waals surface area contributed by atoms with Crippen molar-refractivity contribution in [3.63, 3.8) is 0 Å². The molecule has 2 rings (SSSR count). The summed E-state index contributed by atoms with van der Waals surface area (Å²) < 4.78 is 0. The van der Waals surface area contributed by atoms with Crippen molar-refractivity contribution in [3.05, 3.63) is 11.4 Å². The van der Waals surface area contributed by atoms with Gasteiger partial charge in [0.1, 0.15) is 17.5 Å². The van der Waals surface area contributed by atoms with Gasteiger partial charge < -0.3 is 10.7 Å². The Hall–Kier alpha value is -1.36. The Kier molecular flexibility index (Phi) is 4.24. The fourth-order valence-corrected chi connectivity index (χ4v) is 2.47. The molecule has 5 heteroatoms. The van der Waals surface area contributed by atoms with Gasteiger partial charge in [0.2, 0.25) is 0 Å². The summed E-state index contributed by atoms with van der Waals surface area (Å²) in [6.45, 7) is 7.42. The molecule has 5 nitrogen and oxygen atoms in total. The molecule has 0 amide bonds. The molecule has 0 atom stereocenters. The predicted octanol–water partition coefficient (Wildman–Crippen LogP) is 2.63. The maximum atomic E-state index is 5.54. The zero-order chi connectivity index (χ0) is 13.9. The zero-order valence-electron chi connectivity index (χ0n) is 12.2. The van der Waals surface area contributed by atoms with Crippen molar-refractivity contribution in [2.45, 2.75) is 52.9 Å². The van der Waals surface area contributed by atoms with E-state index in [9.17, 15) is 0 Å². The third-order valence-corrected chi connectivity index (χ3v) is 4.05. The van der Waals surface area contributed by atoms with Gasteiger partial charge in [-0.1, -0.05) is 20.3 Å². The monoisotopic (exact) mass is 263 g/mol. The molecule has 1 aromatic heterocycles. The van der Waals surface area contributed by atoms with E-state index in [0.717, 1.165) is 42.4 Å². The van der Waals surface area contributed by atoms with Crippen LogP contribution in [-0.4, -0.2) is 16.5 Å². The lowest BCUT2D eigenvalue weighted by molar-refractivity contribution is 0.180. The number of rotatable bonds is 6. The molecular formula is C14H25N5. The van der Waals surface area contributed by atoms with Crippen molar-refractivity contribution in [1.82, 2.24) is 9.97 Å². The summed E-state index contributed by atoms with van der Waals surface area (Å²) in [5.41, 5.74) is 4.09. The van der Waals surface area contributed by atoms with Crippen LogP contribution in [0.2, 0.25) is 0 Å². The van der Waals surface area contributed by atoms with E-state index in [-0.39, 0.29) is 0 Å². The lowest BCUT2D eigenvalue weighted by Gasteiger charge is -2.38. The summed E-state index contributed by atoms with van der Waals surface area (Å²) in [6.07, 6.45) is 5.85. The van der Waals surface area contributed by atoms with Gasteiger partial charge in [0.15, 0.2) is 0 Å². The molecule has 0 aliphatic heterocycles. The fourth-order valence-electron chi connectivity index (χ4n) is 2.47. The number of nitrogens with two attached hydrogens (primary N) is 1. The van der Waals surface area contributed by atoms with Crippen LogP contribution in [0.5, 0.6) is 0 Å². The van der Waals surface area contributed by atoms with Crippen molar-refractivity contribution in [1.29, 1.82) is 0 Å². The molecule has 0 radical (unpaired) electrons. The number of nitrogens with zero attached hydrogens (tertiary/aromatic N) is 2. The highest BCUT2D eigenvalue weighted by Gasteiger charge is 2.31. The van der Waals surface area contributed by atoms with Crippen LogP contribution in [0.15, 0.2) is 0 Å². The second kappa shape index (κ2) is 5.74. The van der Waals surface area contributed by atoms with Crippen LogP contribution in [0.3, 0.4) is 0 Å². The largest absolute Gasteiger partial charge is 0.369 e. The van der Waals surface area contributed by atoms with Gasteiger partial charge in [0.05, 0.1) is 0 Å². The molecule has 19 heavy (non-hydrogen) atoms. The normalized spacial score (nSPS) is 16.8. The molecule has 0 spiro atoms. The number of nitrogen functional groups attached to an aromatic ring is 1. The second-order valence-corrected chi connectivity index (χ2v) is 5.87. The first kappa shape index (κ1) is 14.1. The van der Waals surface area contributed by atoms with Gasteiger partial charge in [-0.3, -0.25) is 0 Å². The Morgan fingerprint density at radius 2 is 1.95 bits per heavy atom. The molecule has 1 saturated carbocycles. The quantitative estimate of drug-likeness (QED) is 0.543. The van der Waals surface area contributed by atoms with Crippen LogP contribution in [0, 0.1) is 12.3 Å². The molecule has 1 aromatic rings. The van der Waals surface area contributed by atoms with Crippen LogP contribution in [-0.2, 0) is 6.42 Å². The van der Waals surface area contributed by atoms with E-state index in [1.165, 1.54) is 19.3 Å². The highest BCUT2D eigenvalue weighted by atomic mass is 15.3. The minimum atomic E-state index is 0.429. The first-order chi connectivity index (χ1) is 9.08. The highest BCUT2D eigenvalue weighted by Crippen LogP contribution is 2.40. The summed E-state index contributed by atoms with van der Waals surface area (Å²) in [4.78, 5) is 9.05. The van der Waals surface area contributed by atoms with Crippen molar-refractivity contribution in [2.75, 3.05) is 17.3 Å². The van der Waals surface area contributed by atoms with Gasteiger partial charge in [-0.2, -0.15) is 0 Å². The van der Waals surface area contributed by atoms with Crippen LogP contribution in [0.25, 0.3) is 0 Å². The molecule has 106 valence electrons. The number of aryl methyl sites for hydroxylation is 1. The minimum absolute atomic E-state index is 0.429. The molecule has 1 heterocycles. The van der Waals surface area contributed by atoms with E-state index in [4.69, 9.17) is 5.84 Å². The van der Waals surface area contributed by atoms with Gasteiger partial charge >= 0.3 is 0 Å². The maximum absolute atomic E-state index is 5.54. The smallest absolute Gasteiger partial charge is 0.148 e. The van der Waals surface area contributed by atoms with E-state index in [1.807, 2.05) is 6.92 Å². The van der Waals surface area contributed by atoms with Gasteiger partial charge in [-0.25, -0.2) is 15.8 Å². The van der Waals surface area contributed by atoms with E-state index < -0.39 is 0 Å². The SMILES string of the molecule is CCCc1nc(NN)c(C)c(NCC2(C)CCC2)n1. The zero-order valence-corrected chi connectivity index (χ0v) is 12.2. The van der Waals surface area contributed by atoms with Gasteiger partial charge in [-0.05, 0) is 31.6 Å². The number of hydrogen-bond acceptors (Lipinski definition) is 5. The lowest BCUT2D eigenvalue weighted by atomic mass is 9.70. The molecule has 0 aromatic carbocycles.